The van der Waals surface area contributed by atoms with E-state index in [1.54, 1.807) is 30.3 Å². The number of ether oxygens (including phenoxy) is 2. The average Bonchev–Trinajstić information content (AvgIpc) is 3.37. The van der Waals surface area contributed by atoms with E-state index in [1.165, 1.54) is 0 Å². The number of nitrogens with one attached hydrogen (secondary N) is 1. The summed E-state index contributed by atoms with van der Waals surface area (Å²) in [6, 6.07) is 24.5. The highest BCUT2D eigenvalue weighted by atomic mass is 16.6. The van der Waals surface area contributed by atoms with E-state index in [0.717, 1.165) is 22.3 Å². The monoisotopic (exact) mass is 593 g/mol. The van der Waals surface area contributed by atoms with Crippen LogP contribution in [0.4, 0.5) is 4.79 Å². The van der Waals surface area contributed by atoms with Gasteiger partial charge in [-0.1, -0.05) is 92.7 Å². The van der Waals surface area contributed by atoms with Crippen molar-refractivity contribution in [1.29, 1.82) is 0 Å². The smallest absolute Gasteiger partial charge is 0.407 e. The van der Waals surface area contributed by atoms with Crippen LogP contribution in [0.1, 0.15) is 49.3 Å². The van der Waals surface area contributed by atoms with Gasteiger partial charge in [-0.2, -0.15) is 0 Å². The number of esters is 1. The van der Waals surface area contributed by atoms with Gasteiger partial charge in [-0.05, 0) is 34.2 Å². The third-order valence-corrected chi connectivity index (χ3v) is 7.02. The molecule has 0 aliphatic heterocycles. The van der Waals surface area contributed by atoms with Crippen molar-refractivity contribution < 1.29 is 44.3 Å². The molecule has 0 saturated heterocycles. The van der Waals surface area contributed by atoms with Crippen LogP contribution in [0.5, 0.6) is 0 Å². The highest BCUT2D eigenvalue weighted by Gasteiger charge is 2.32. The maximum absolute atomic E-state index is 12.3. The summed E-state index contributed by atoms with van der Waals surface area (Å²) in [6.07, 6.45) is -8.50. The molecule has 1 aliphatic carbocycles. The van der Waals surface area contributed by atoms with Crippen molar-refractivity contribution in [1.82, 2.24) is 5.32 Å². The Balaban J connectivity index is 0.00000248. The van der Waals surface area contributed by atoms with E-state index in [1.807, 2.05) is 62.4 Å². The van der Waals surface area contributed by atoms with Gasteiger partial charge in [0.15, 0.2) is 11.9 Å². The van der Waals surface area contributed by atoms with E-state index >= 15 is 0 Å². The van der Waals surface area contributed by atoms with Crippen LogP contribution in [-0.2, 0) is 25.7 Å². The van der Waals surface area contributed by atoms with Gasteiger partial charge in [0.25, 0.3) is 0 Å². The number of amides is 1. The number of hydrogen-bond acceptors (Lipinski definition) is 9. The summed E-state index contributed by atoms with van der Waals surface area (Å²) in [5, 5.41) is 42.8. The number of aliphatic hydroxyl groups excluding tert-OH is 4. The van der Waals surface area contributed by atoms with Crippen LogP contribution >= 0.6 is 0 Å². The van der Waals surface area contributed by atoms with Gasteiger partial charge in [-0.15, -0.1) is 0 Å². The van der Waals surface area contributed by atoms with Gasteiger partial charge >= 0.3 is 12.1 Å². The molecule has 43 heavy (non-hydrogen) atoms. The first-order chi connectivity index (χ1) is 20.8. The second-order valence-electron chi connectivity index (χ2n) is 9.83. The number of fused-ring (bicyclic) bond motifs is 3. The summed E-state index contributed by atoms with van der Waals surface area (Å²) >= 11 is 0. The SMILES string of the molecule is CC.O=C(NC[C@H](O)[C@H](O)CCC(=O)[C@H](O)[C@H](O)C(=O)OCc1ccccc1)OCC1c2ccccc2-c2ccccc21. The molecule has 0 bridgehead atoms. The number of ketones is 1. The van der Waals surface area contributed by atoms with Gasteiger partial charge in [0.2, 0.25) is 0 Å². The van der Waals surface area contributed by atoms with Gasteiger partial charge in [-0.3, -0.25) is 4.79 Å². The first-order valence-electron chi connectivity index (χ1n) is 14.3. The van der Waals surface area contributed by atoms with Crippen LogP contribution in [0.15, 0.2) is 78.9 Å². The first-order valence-corrected chi connectivity index (χ1v) is 14.3. The molecular formula is C33H39NO9. The van der Waals surface area contributed by atoms with Crippen molar-refractivity contribution in [2.75, 3.05) is 13.2 Å². The number of hydrogen-bond donors (Lipinski definition) is 5. The molecule has 3 aromatic rings. The summed E-state index contributed by atoms with van der Waals surface area (Å²) in [5.74, 6) is -2.21. The van der Waals surface area contributed by atoms with Crippen molar-refractivity contribution in [3.8, 4) is 11.1 Å². The zero-order valence-corrected chi connectivity index (χ0v) is 24.3. The van der Waals surface area contributed by atoms with E-state index in [0.29, 0.717) is 5.56 Å². The van der Waals surface area contributed by atoms with Gasteiger partial charge in [0.1, 0.15) is 19.3 Å². The summed E-state index contributed by atoms with van der Waals surface area (Å²) in [4.78, 5) is 36.5. The van der Waals surface area contributed by atoms with Crippen molar-refractivity contribution in [3.63, 3.8) is 0 Å². The van der Waals surface area contributed by atoms with E-state index in [2.05, 4.69) is 5.32 Å². The summed E-state index contributed by atoms with van der Waals surface area (Å²) in [6.45, 7) is 3.60. The van der Waals surface area contributed by atoms with Gasteiger partial charge in [0.05, 0.1) is 12.2 Å². The van der Waals surface area contributed by atoms with E-state index in [-0.39, 0.29) is 32.1 Å². The Morgan fingerprint density at radius 2 is 1.30 bits per heavy atom. The number of rotatable bonds is 13. The summed E-state index contributed by atoms with van der Waals surface area (Å²) in [5.41, 5.74) is 4.95. The molecular weight excluding hydrogens is 554 g/mol. The lowest BCUT2D eigenvalue weighted by Gasteiger charge is -2.20. The van der Waals surface area contributed by atoms with Crippen molar-refractivity contribution in [3.05, 3.63) is 95.6 Å². The molecule has 0 fully saturated rings. The molecule has 4 atom stereocenters. The predicted octanol–water partition coefficient (Wildman–Crippen LogP) is 3.09. The van der Waals surface area contributed by atoms with Crippen LogP contribution < -0.4 is 5.32 Å². The van der Waals surface area contributed by atoms with Crippen molar-refractivity contribution in [2.24, 2.45) is 0 Å². The molecule has 0 heterocycles. The third-order valence-electron chi connectivity index (χ3n) is 7.02. The van der Waals surface area contributed by atoms with E-state index < -0.39 is 48.7 Å². The Hall–Kier alpha value is -4.09. The van der Waals surface area contributed by atoms with Crippen LogP contribution in [0.3, 0.4) is 0 Å². The Bertz CT molecular complexity index is 1300. The minimum absolute atomic E-state index is 0.0843. The molecule has 0 aromatic heterocycles. The second-order valence-corrected chi connectivity index (χ2v) is 9.83. The lowest BCUT2D eigenvalue weighted by Crippen LogP contribution is -2.42. The Morgan fingerprint density at radius 1 is 0.744 bits per heavy atom. The fraction of sp³-hybridized carbons (Fsp3) is 0.364. The molecule has 10 nitrogen and oxygen atoms in total. The standard InChI is InChI=1S/C31H33NO9.C2H6/c33-25(14-15-26(34)28(36)29(37)30(38)40-17-19-8-2-1-3-9-19)27(35)16-32-31(39)41-18-24-22-12-6-4-10-20(22)21-11-5-7-13-23(21)24;1-2/h1-13,24-25,27-29,33,35-37H,14-18H2,(H,32,39);1-2H3/t25-,27+,28+,29+;/m1./s1. The van der Waals surface area contributed by atoms with Crippen molar-refractivity contribution >= 4 is 17.8 Å². The number of carbonyl (C=O) groups excluding carboxylic acids is 3. The van der Waals surface area contributed by atoms with Gasteiger partial charge in [0, 0.05) is 18.9 Å². The number of Topliss-reactive ketones (excluding diaryl/α,β-unsaturated/α-hetero) is 1. The molecule has 1 aliphatic rings. The fourth-order valence-electron chi connectivity index (χ4n) is 4.72. The lowest BCUT2D eigenvalue weighted by molar-refractivity contribution is -0.164. The summed E-state index contributed by atoms with van der Waals surface area (Å²) in [7, 11) is 0. The number of aliphatic hydroxyl groups is 4. The maximum atomic E-state index is 12.3. The first kappa shape index (κ1) is 33.4. The Morgan fingerprint density at radius 3 is 1.91 bits per heavy atom. The zero-order chi connectivity index (χ0) is 31.4. The fourth-order valence-corrected chi connectivity index (χ4v) is 4.72. The lowest BCUT2D eigenvalue weighted by atomic mass is 9.98. The minimum Gasteiger partial charge on any atom is -0.459 e. The molecule has 4 rings (SSSR count). The van der Waals surface area contributed by atoms with E-state index in [4.69, 9.17) is 9.47 Å². The highest BCUT2D eigenvalue weighted by Crippen LogP contribution is 2.44. The molecule has 230 valence electrons. The zero-order valence-electron chi connectivity index (χ0n) is 24.3. The van der Waals surface area contributed by atoms with Gasteiger partial charge < -0.3 is 35.2 Å². The van der Waals surface area contributed by atoms with Crippen LogP contribution in [0.25, 0.3) is 11.1 Å². The predicted molar refractivity (Wildman–Crippen MR) is 159 cm³/mol. The number of alkyl carbamates (subject to hydrolysis) is 1. The quantitative estimate of drug-likeness (QED) is 0.188. The molecule has 0 saturated carbocycles. The Labute approximate surface area is 250 Å². The van der Waals surface area contributed by atoms with Gasteiger partial charge in [-0.25, -0.2) is 9.59 Å². The maximum Gasteiger partial charge on any atom is 0.407 e. The number of benzene rings is 3. The molecule has 0 radical (unpaired) electrons. The second kappa shape index (κ2) is 16.5. The molecule has 3 aromatic carbocycles. The largest absolute Gasteiger partial charge is 0.459 e. The average molecular weight is 594 g/mol. The number of carbonyl (C=O) groups is 3. The Kier molecular flexibility index (Phi) is 12.8. The normalized spacial score (nSPS) is 14.6. The third kappa shape index (κ3) is 8.95. The molecule has 1 amide bonds. The van der Waals surface area contributed by atoms with E-state index in [9.17, 15) is 34.8 Å². The highest BCUT2D eigenvalue weighted by molar-refractivity contribution is 5.89. The molecule has 0 spiro atoms. The van der Waals surface area contributed by atoms with Crippen molar-refractivity contribution in [2.45, 2.75) is 63.6 Å². The summed E-state index contributed by atoms with van der Waals surface area (Å²) < 4.78 is 10.3. The molecule has 0 unspecified atom stereocenters. The molecule has 5 N–H and O–H groups in total. The van der Waals surface area contributed by atoms with Crippen LogP contribution in [0, 0.1) is 0 Å². The topological polar surface area (TPSA) is 163 Å². The van der Waals surface area contributed by atoms with Crippen LogP contribution in [-0.4, -0.2) is 75.8 Å². The molecule has 10 heteroatoms. The van der Waals surface area contributed by atoms with Crippen LogP contribution in [0.2, 0.25) is 0 Å². The minimum atomic E-state index is -2.09.